The van der Waals surface area contributed by atoms with Gasteiger partial charge in [0.25, 0.3) is 0 Å². The van der Waals surface area contributed by atoms with E-state index < -0.39 is 15.9 Å². The lowest BCUT2D eigenvalue weighted by molar-refractivity contribution is -0.117. The Morgan fingerprint density at radius 3 is 2.48 bits per heavy atom. The van der Waals surface area contributed by atoms with E-state index in [1.54, 1.807) is 24.3 Å². The molecule has 0 aliphatic carbocycles. The predicted octanol–water partition coefficient (Wildman–Crippen LogP) is 2.07. The van der Waals surface area contributed by atoms with Crippen molar-refractivity contribution in [3.63, 3.8) is 0 Å². The number of nitrogens with one attached hydrogen (secondary N) is 2. The molecular weight excluding hydrogens is 398 g/mol. The van der Waals surface area contributed by atoms with Crippen molar-refractivity contribution in [2.24, 2.45) is 16.0 Å². The molecule has 0 bridgehead atoms. The van der Waals surface area contributed by atoms with Gasteiger partial charge in [-0.1, -0.05) is 12.1 Å². The maximum absolute atomic E-state index is 11.6. The van der Waals surface area contributed by atoms with Crippen molar-refractivity contribution in [2.75, 3.05) is 7.05 Å². The van der Waals surface area contributed by atoms with E-state index in [1.165, 1.54) is 19.2 Å². The number of sulfonamides is 1. The maximum atomic E-state index is 11.6. The van der Waals surface area contributed by atoms with Crippen LogP contribution in [-0.2, 0) is 27.0 Å². The lowest BCUT2D eigenvalue weighted by atomic mass is 10.1. The third kappa shape index (κ3) is 4.70. The molecule has 10 nitrogen and oxygen atoms in total. The summed E-state index contributed by atoms with van der Waals surface area (Å²) in [7, 11) is -2.03. The molecule has 6 N–H and O–H groups in total. The molecule has 0 radical (unpaired) electrons. The number of aromatic amines is 1. The standard InChI is InChI=1S/C18H19N5O5S/c1-20-29(27,28)9-10-2-4-12(5-3-10)22-23-17-13-6-11(7-16(19)25)15(24)8-14(13)21-18(17)26/h2-6,8,20-21,24,26H,7,9H2,1H3,(H2,19,25). The Balaban J connectivity index is 1.90. The SMILES string of the molecule is CNS(=O)(=O)Cc1ccc(N=Nc2c(O)[nH]c3cc(O)c(CC(N)=O)cc23)cc1. The van der Waals surface area contributed by atoms with Crippen molar-refractivity contribution in [2.45, 2.75) is 12.2 Å². The lowest BCUT2D eigenvalue weighted by Crippen LogP contribution is -2.20. The third-order valence-electron chi connectivity index (χ3n) is 4.19. The fourth-order valence-electron chi connectivity index (χ4n) is 2.74. The molecular formula is C18H19N5O5S. The van der Waals surface area contributed by atoms with Crippen LogP contribution in [0.4, 0.5) is 11.4 Å². The van der Waals surface area contributed by atoms with E-state index in [0.29, 0.717) is 27.7 Å². The van der Waals surface area contributed by atoms with E-state index in [0.717, 1.165) is 0 Å². The Morgan fingerprint density at radius 1 is 1.17 bits per heavy atom. The topological polar surface area (TPSA) is 170 Å². The second-order valence-electron chi connectivity index (χ2n) is 6.32. The van der Waals surface area contributed by atoms with Crippen LogP contribution in [0, 0.1) is 0 Å². The Hall–Kier alpha value is -3.44. The third-order valence-corrected chi connectivity index (χ3v) is 5.52. The molecule has 29 heavy (non-hydrogen) atoms. The summed E-state index contributed by atoms with van der Waals surface area (Å²) in [6.07, 6.45) is -0.165. The summed E-state index contributed by atoms with van der Waals surface area (Å²) in [5.41, 5.74) is 7.06. The summed E-state index contributed by atoms with van der Waals surface area (Å²) in [5, 5.41) is 28.7. The van der Waals surface area contributed by atoms with E-state index in [4.69, 9.17) is 5.73 Å². The number of nitrogens with two attached hydrogens (primary N) is 1. The van der Waals surface area contributed by atoms with E-state index in [9.17, 15) is 23.4 Å². The fourth-order valence-corrected chi connectivity index (χ4v) is 3.51. The summed E-state index contributed by atoms with van der Waals surface area (Å²) in [6.45, 7) is 0. The van der Waals surface area contributed by atoms with Crippen molar-refractivity contribution in [3.05, 3.63) is 47.5 Å². The molecule has 2 aromatic carbocycles. The average molecular weight is 417 g/mol. The number of carbonyl (C=O) groups is 1. The minimum Gasteiger partial charge on any atom is -0.508 e. The van der Waals surface area contributed by atoms with Gasteiger partial charge in [0.2, 0.25) is 21.8 Å². The van der Waals surface area contributed by atoms with E-state index >= 15 is 0 Å². The first-order valence-electron chi connectivity index (χ1n) is 8.45. The zero-order valence-corrected chi connectivity index (χ0v) is 16.2. The summed E-state index contributed by atoms with van der Waals surface area (Å²) < 4.78 is 25.4. The number of benzene rings is 2. The van der Waals surface area contributed by atoms with Crippen LogP contribution >= 0.6 is 0 Å². The molecule has 0 saturated carbocycles. The van der Waals surface area contributed by atoms with Gasteiger partial charge in [0, 0.05) is 17.0 Å². The normalized spacial score (nSPS) is 12.0. The van der Waals surface area contributed by atoms with Crippen LogP contribution < -0.4 is 10.5 Å². The molecule has 0 saturated heterocycles. The molecule has 1 aromatic heterocycles. The van der Waals surface area contributed by atoms with Crippen LogP contribution in [0.25, 0.3) is 10.9 Å². The molecule has 11 heteroatoms. The number of phenolic OH excluding ortho intramolecular Hbond substituents is 1. The summed E-state index contributed by atoms with van der Waals surface area (Å²) in [5.74, 6) is -1.15. The number of primary amides is 1. The molecule has 1 heterocycles. The first-order chi connectivity index (χ1) is 13.7. The van der Waals surface area contributed by atoms with Crippen LogP contribution in [0.1, 0.15) is 11.1 Å². The minimum absolute atomic E-state index is 0.131. The molecule has 0 aliphatic heterocycles. The quantitative estimate of drug-likeness (QED) is 0.370. The summed E-state index contributed by atoms with van der Waals surface area (Å²) in [4.78, 5) is 13.8. The van der Waals surface area contributed by atoms with Gasteiger partial charge >= 0.3 is 0 Å². The Morgan fingerprint density at radius 2 is 1.86 bits per heavy atom. The summed E-state index contributed by atoms with van der Waals surface area (Å²) in [6, 6.07) is 9.29. The van der Waals surface area contributed by atoms with Gasteiger partial charge in [0.05, 0.1) is 23.4 Å². The van der Waals surface area contributed by atoms with E-state index in [1.807, 2.05) is 0 Å². The lowest BCUT2D eigenvalue weighted by Gasteiger charge is -2.03. The number of carbonyl (C=O) groups excluding carboxylic acids is 1. The van der Waals surface area contributed by atoms with Crippen molar-refractivity contribution in [3.8, 4) is 11.6 Å². The van der Waals surface area contributed by atoms with Crippen molar-refractivity contribution >= 4 is 38.2 Å². The molecule has 1 amide bonds. The highest BCUT2D eigenvalue weighted by atomic mass is 32.2. The van der Waals surface area contributed by atoms with E-state index in [-0.39, 0.29) is 29.5 Å². The number of aromatic nitrogens is 1. The second-order valence-corrected chi connectivity index (χ2v) is 8.25. The van der Waals surface area contributed by atoms with Crippen molar-refractivity contribution < 1.29 is 23.4 Å². The number of H-pyrrole nitrogens is 1. The van der Waals surface area contributed by atoms with Crippen LogP contribution in [0.5, 0.6) is 11.6 Å². The van der Waals surface area contributed by atoms with Crippen molar-refractivity contribution in [1.82, 2.24) is 9.71 Å². The number of amides is 1. The smallest absolute Gasteiger partial charge is 0.221 e. The van der Waals surface area contributed by atoms with Crippen LogP contribution in [0.3, 0.4) is 0 Å². The van der Waals surface area contributed by atoms with Gasteiger partial charge in [0.1, 0.15) is 5.75 Å². The number of rotatable bonds is 7. The number of azo groups is 1. The van der Waals surface area contributed by atoms with Gasteiger partial charge in [-0.05, 0) is 30.8 Å². The van der Waals surface area contributed by atoms with Gasteiger partial charge in [-0.3, -0.25) is 4.79 Å². The van der Waals surface area contributed by atoms with Gasteiger partial charge in [0.15, 0.2) is 5.69 Å². The molecule has 0 unspecified atom stereocenters. The second kappa shape index (κ2) is 7.89. The Labute approximate surface area is 166 Å². The minimum atomic E-state index is -3.37. The molecule has 152 valence electrons. The van der Waals surface area contributed by atoms with Crippen LogP contribution in [0.2, 0.25) is 0 Å². The van der Waals surface area contributed by atoms with Crippen LogP contribution in [0.15, 0.2) is 46.6 Å². The molecule has 0 fully saturated rings. The zero-order chi connectivity index (χ0) is 21.2. The highest BCUT2D eigenvalue weighted by molar-refractivity contribution is 7.88. The molecule has 0 atom stereocenters. The van der Waals surface area contributed by atoms with Crippen molar-refractivity contribution in [1.29, 1.82) is 0 Å². The predicted molar refractivity (Wildman–Crippen MR) is 107 cm³/mol. The summed E-state index contributed by atoms with van der Waals surface area (Å²) >= 11 is 0. The maximum Gasteiger partial charge on any atom is 0.221 e. The number of fused-ring (bicyclic) bond motifs is 1. The Kier molecular flexibility index (Phi) is 5.52. The first kappa shape index (κ1) is 20.3. The number of aromatic hydroxyl groups is 2. The first-order valence-corrected chi connectivity index (χ1v) is 10.1. The van der Waals surface area contributed by atoms with Crippen LogP contribution in [-0.4, -0.2) is 36.6 Å². The Bertz CT molecular complexity index is 1200. The van der Waals surface area contributed by atoms with E-state index in [2.05, 4.69) is 19.9 Å². The molecule has 3 aromatic rings. The number of nitrogens with zero attached hydrogens (tertiary/aromatic N) is 2. The monoisotopic (exact) mass is 417 g/mol. The van der Waals surface area contributed by atoms with Gasteiger partial charge in [-0.25, -0.2) is 13.1 Å². The van der Waals surface area contributed by atoms with Gasteiger partial charge in [-0.2, -0.15) is 5.11 Å². The fraction of sp³-hybridized carbons (Fsp3) is 0.167. The highest BCUT2D eigenvalue weighted by Gasteiger charge is 2.15. The van der Waals surface area contributed by atoms with Gasteiger partial charge < -0.3 is 20.9 Å². The van der Waals surface area contributed by atoms with Gasteiger partial charge in [-0.15, -0.1) is 5.11 Å². The number of phenols is 1. The molecule has 0 spiro atoms. The largest absolute Gasteiger partial charge is 0.508 e. The average Bonchev–Trinajstić information content (AvgIpc) is 2.95. The molecule has 3 rings (SSSR count). The zero-order valence-electron chi connectivity index (χ0n) is 15.4. The number of hydrogen-bond acceptors (Lipinski definition) is 7. The highest BCUT2D eigenvalue weighted by Crippen LogP contribution is 2.39. The number of hydrogen-bond donors (Lipinski definition) is 5. The molecule has 0 aliphatic rings.